The average Bonchev–Trinajstić information content (AvgIpc) is 2.79. The summed E-state index contributed by atoms with van der Waals surface area (Å²) in [5, 5.41) is 6.10. The number of fused-ring (bicyclic) bond motifs is 2. The molecule has 140 valence electrons. The number of anilines is 3. The summed E-state index contributed by atoms with van der Waals surface area (Å²) in [7, 11) is 2.11. The van der Waals surface area contributed by atoms with Crippen molar-refractivity contribution in [2.75, 3.05) is 23.8 Å². The lowest BCUT2D eigenvalue weighted by molar-refractivity contribution is 0.102. The number of piperidine rings is 1. The number of likely N-dealkylation sites (tertiary alicyclic amines) is 1. The van der Waals surface area contributed by atoms with Crippen LogP contribution in [-0.2, 0) is 0 Å². The average molecular weight is 364 g/mol. The predicted molar refractivity (Wildman–Crippen MR) is 107 cm³/mol. The zero-order chi connectivity index (χ0) is 19.0. The highest BCUT2D eigenvalue weighted by Crippen LogP contribution is 2.37. The molecule has 4 rings (SSSR count). The molecule has 2 unspecified atom stereocenters. The summed E-state index contributed by atoms with van der Waals surface area (Å²) in [4.78, 5) is 29.9. The number of benzene rings is 2. The third-order valence-electron chi connectivity index (χ3n) is 5.52. The van der Waals surface area contributed by atoms with E-state index in [4.69, 9.17) is 0 Å². The van der Waals surface area contributed by atoms with E-state index in [0.717, 1.165) is 19.4 Å². The van der Waals surface area contributed by atoms with Crippen LogP contribution in [0.15, 0.2) is 48.5 Å². The lowest BCUT2D eigenvalue weighted by Gasteiger charge is -2.36. The van der Waals surface area contributed by atoms with Crippen molar-refractivity contribution in [3.05, 3.63) is 54.1 Å². The molecule has 3 amide bonds. The van der Waals surface area contributed by atoms with Crippen molar-refractivity contribution in [3.8, 4) is 0 Å². The SMILES string of the molecule is CC1CC(NC(=O)N2c3ccccc3NC(=O)c3ccccc32)CCN1C. The van der Waals surface area contributed by atoms with Crippen LogP contribution in [0.1, 0.15) is 30.1 Å². The van der Waals surface area contributed by atoms with Crippen molar-refractivity contribution in [1.29, 1.82) is 0 Å². The minimum Gasteiger partial charge on any atom is -0.335 e. The van der Waals surface area contributed by atoms with E-state index in [1.165, 1.54) is 0 Å². The number of hydrogen-bond acceptors (Lipinski definition) is 3. The van der Waals surface area contributed by atoms with Crippen molar-refractivity contribution in [2.45, 2.75) is 31.8 Å². The number of carbonyl (C=O) groups excluding carboxylic acids is 2. The smallest absolute Gasteiger partial charge is 0.326 e. The van der Waals surface area contributed by atoms with Crippen molar-refractivity contribution < 1.29 is 9.59 Å². The minimum absolute atomic E-state index is 0.120. The van der Waals surface area contributed by atoms with E-state index in [-0.39, 0.29) is 18.0 Å². The van der Waals surface area contributed by atoms with Gasteiger partial charge in [0.1, 0.15) is 0 Å². The van der Waals surface area contributed by atoms with Gasteiger partial charge in [-0.1, -0.05) is 24.3 Å². The van der Waals surface area contributed by atoms with Crippen LogP contribution in [0.3, 0.4) is 0 Å². The van der Waals surface area contributed by atoms with Crippen LogP contribution >= 0.6 is 0 Å². The van der Waals surface area contributed by atoms with E-state index in [1.54, 1.807) is 11.0 Å². The fourth-order valence-corrected chi connectivity index (χ4v) is 3.83. The van der Waals surface area contributed by atoms with E-state index >= 15 is 0 Å². The van der Waals surface area contributed by atoms with Crippen LogP contribution in [0.2, 0.25) is 0 Å². The summed E-state index contributed by atoms with van der Waals surface area (Å²) < 4.78 is 0. The molecule has 0 aromatic heterocycles. The van der Waals surface area contributed by atoms with Crippen molar-refractivity contribution in [1.82, 2.24) is 10.2 Å². The van der Waals surface area contributed by atoms with Gasteiger partial charge < -0.3 is 15.5 Å². The number of nitrogens with one attached hydrogen (secondary N) is 2. The summed E-state index contributed by atoms with van der Waals surface area (Å²) >= 11 is 0. The largest absolute Gasteiger partial charge is 0.335 e. The van der Waals surface area contributed by atoms with Crippen molar-refractivity contribution in [3.63, 3.8) is 0 Å². The Kier molecular flexibility index (Phi) is 4.58. The molecule has 2 aromatic carbocycles. The van der Waals surface area contributed by atoms with Gasteiger partial charge in [-0.2, -0.15) is 0 Å². The molecule has 27 heavy (non-hydrogen) atoms. The third-order valence-corrected chi connectivity index (χ3v) is 5.52. The van der Waals surface area contributed by atoms with E-state index in [2.05, 4.69) is 29.5 Å². The molecule has 0 aliphatic carbocycles. The molecule has 1 fully saturated rings. The molecule has 0 radical (unpaired) electrons. The Balaban J connectivity index is 1.70. The Morgan fingerprint density at radius 2 is 1.81 bits per heavy atom. The molecule has 0 bridgehead atoms. The second-order valence-corrected chi connectivity index (χ2v) is 7.32. The monoisotopic (exact) mass is 364 g/mol. The van der Waals surface area contributed by atoms with Gasteiger partial charge in [0.2, 0.25) is 0 Å². The highest BCUT2D eigenvalue weighted by molar-refractivity contribution is 6.17. The Morgan fingerprint density at radius 1 is 1.11 bits per heavy atom. The number of amides is 3. The van der Waals surface area contributed by atoms with Gasteiger partial charge in [-0.05, 0) is 51.1 Å². The summed E-state index contributed by atoms with van der Waals surface area (Å²) in [5.41, 5.74) is 2.39. The van der Waals surface area contributed by atoms with Gasteiger partial charge in [0.05, 0.1) is 22.6 Å². The van der Waals surface area contributed by atoms with Gasteiger partial charge in [0.25, 0.3) is 5.91 Å². The molecule has 6 nitrogen and oxygen atoms in total. The second-order valence-electron chi connectivity index (χ2n) is 7.32. The zero-order valence-electron chi connectivity index (χ0n) is 15.6. The van der Waals surface area contributed by atoms with Gasteiger partial charge in [-0.15, -0.1) is 0 Å². The van der Waals surface area contributed by atoms with E-state index < -0.39 is 0 Å². The summed E-state index contributed by atoms with van der Waals surface area (Å²) in [5.74, 6) is -0.207. The molecule has 2 aliphatic heterocycles. The molecular formula is C21H24N4O2. The standard InChI is InChI=1S/C21H24N4O2/c1-14-13-15(11-12-24(14)2)22-21(27)25-18-9-5-3-7-16(18)20(26)23-17-8-4-6-10-19(17)25/h3-10,14-15H,11-13H2,1-2H3,(H,22,27)(H,23,26). The number of carbonyl (C=O) groups is 2. The number of urea groups is 1. The van der Waals surface area contributed by atoms with Gasteiger partial charge >= 0.3 is 6.03 Å². The Morgan fingerprint density at radius 3 is 2.59 bits per heavy atom. The first-order valence-corrected chi connectivity index (χ1v) is 9.35. The molecule has 2 aliphatic rings. The molecule has 0 saturated carbocycles. The predicted octanol–water partition coefficient (Wildman–Crippen LogP) is 3.58. The first-order valence-electron chi connectivity index (χ1n) is 9.35. The number of nitrogens with zero attached hydrogens (tertiary/aromatic N) is 2. The van der Waals surface area contributed by atoms with Crippen LogP contribution < -0.4 is 15.5 Å². The van der Waals surface area contributed by atoms with Crippen molar-refractivity contribution in [2.24, 2.45) is 0 Å². The Bertz CT molecular complexity index is 882. The fourth-order valence-electron chi connectivity index (χ4n) is 3.83. The van der Waals surface area contributed by atoms with Gasteiger partial charge in [-0.3, -0.25) is 9.69 Å². The molecule has 2 atom stereocenters. The maximum atomic E-state index is 13.3. The highest BCUT2D eigenvalue weighted by atomic mass is 16.2. The molecule has 0 spiro atoms. The summed E-state index contributed by atoms with van der Waals surface area (Å²) in [6, 6.07) is 15.0. The quantitative estimate of drug-likeness (QED) is 0.813. The van der Waals surface area contributed by atoms with Crippen LogP contribution in [0.5, 0.6) is 0 Å². The van der Waals surface area contributed by atoms with Crippen LogP contribution in [-0.4, -0.2) is 42.5 Å². The molecule has 2 aromatic rings. The molecule has 1 saturated heterocycles. The number of hydrogen-bond donors (Lipinski definition) is 2. The molecule has 2 heterocycles. The summed E-state index contributed by atoms with van der Waals surface area (Å²) in [6.45, 7) is 3.14. The first-order chi connectivity index (χ1) is 13.0. The molecular weight excluding hydrogens is 340 g/mol. The van der Waals surface area contributed by atoms with Crippen molar-refractivity contribution >= 4 is 29.0 Å². The number of para-hydroxylation sites is 3. The fraction of sp³-hybridized carbons (Fsp3) is 0.333. The molecule has 6 heteroatoms. The normalized spacial score (nSPS) is 22.3. The maximum Gasteiger partial charge on any atom is 0.326 e. The maximum absolute atomic E-state index is 13.3. The highest BCUT2D eigenvalue weighted by Gasteiger charge is 2.31. The number of rotatable bonds is 1. The topological polar surface area (TPSA) is 64.7 Å². The lowest BCUT2D eigenvalue weighted by atomic mass is 9.99. The molecule has 2 N–H and O–H groups in total. The second kappa shape index (κ2) is 7.04. The van der Waals surface area contributed by atoms with Gasteiger partial charge in [0.15, 0.2) is 0 Å². The van der Waals surface area contributed by atoms with Gasteiger partial charge in [0, 0.05) is 18.6 Å². The Hall–Kier alpha value is -2.86. The summed E-state index contributed by atoms with van der Waals surface area (Å²) in [6.07, 6.45) is 1.83. The third kappa shape index (κ3) is 3.28. The van der Waals surface area contributed by atoms with Crippen LogP contribution in [0.25, 0.3) is 0 Å². The van der Waals surface area contributed by atoms with E-state index in [0.29, 0.717) is 28.7 Å². The lowest BCUT2D eigenvalue weighted by Crippen LogP contribution is -2.50. The van der Waals surface area contributed by atoms with Gasteiger partial charge in [-0.25, -0.2) is 4.79 Å². The van der Waals surface area contributed by atoms with Crippen LogP contribution in [0.4, 0.5) is 21.9 Å². The first kappa shape index (κ1) is 17.5. The minimum atomic E-state index is -0.207. The zero-order valence-corrected chi connectivity index (χ0v) is 15.6. The van der Waals surface area contributed by atoms with Crippen LogP contribution in [0, 0.1) is 0 Å². The van der Waals surface area contributed by atoms with E-state index in [9.17, 15) is 9.59 Å². The Labute approximate surface area is 159 Å². The van der Waals surface area contributed by atoms with E-state index in [1.807, 2.05) is 42.5 Å².